The van der Waals surface area contributed by atoms with Crippen LogP contribution in [0.2, 0.25) is 0 Å². The summed E-state index contributed by atoms with van der Waals surface area (Å²) in [4.78, 5) is 28.1. The van der Waals surface area contributed by atoms with Crippen LogP contribution >= 0.6 is 0 Å². The minimum Gasteiger partial charge on any atom is -0.373 e. The van der Waals surface area contributed by atoms with E-state index in [4.69, 9.17) is 9.97 Å². The van der Waals surface area contributed by atoms with Crippen LogP contribution in [0, 0.1) is 0 Å². The summed E-state index contributed by atoms with van der Waals surface area (Å²) in [6.07, 6.45) is 4.76. The summed E-state index contributed by atoms with van der Waals surface area (Å²) in [7, 11) is 3.68. The van der Waals surface area contributed by atoms with Gasteiger partial charge in [-0.1, -0.05) is 18.2 Å². The number of carbonyl (C=O) groups is 1. The Morgan fingerprint density at radius 2 is 1.94 bits per heavy atom. The van der Waals surface area contributed by atoms with Crippen molar-refractivity contribution >= 4 is 17.4 Å². The molecule has 1 N–H and O–H groups in total. The number of benzene rings is 1. The van der Waals surface area contributed by atoms with Gasteiger partial charge in [0.05, 0.1) is 18.3 Å². The predicted octanol–water partition coefficient (Wildman–Crippen LogP) is 3.43. The van der Waals surface area contributed by atoms with Gasteiger partial charge in [-0.2, -0.15) is 0 Å². The highest BCUT2D eigenvalue weighted by Gasteiger charge is 2.30. The molecular formula is C24H34N6O. The van der Waals surface area contributed by atoms with Crippen LogP contribution < -0.4 is 10.2 Å². The molecule has 0 aliphatic carbocycles. The molecule has 1 unspecified atom stereocenters. The number of likely N-dealkylation sites (tertiary alicyclic amines) is 1. The van der Waals surface area contributed by atoms with E-state index in [-0.39, 0.29) is 11.9 Å². The summed E-state index contributed by atoms with van der Waals surface area (Å²) in [6.45, 7) is 6.34. The fraction of sp³-hybridized carbons (Fsp3) is 0.542. The maximum absolute atomic E-state index is 11.7. The van der Waals surface area contributed by atoms with Gasteiger partial charge in [-0.15, -0.1) is 0 Å². The number of hydrogen-bond acceptors (Lipinski definition) is 6. The molecule has 1 atom stereocenters. The molecule has 1 amide bonds. The highest BCUT2D eigenvalue weighted by atomic mass is 16.2. The number of anilines is 2. The van der Waals surface area contributed by atoms with Gasteiger partial charge >= 0.3 is 0 Å². The lowest BCUT2D eigenvalue weighted by atomic mass is 10.1. The maximum Gasteiger partial charge on any atom is 0.219 e. The van der Waals surface area contributed by atoms with Crippen LogP contribution in [0.3, 0.4) is 0 Å². The van der Waals surface area contributed by atoms with Gasteiger partial charge in [-0.05, 0) is 43.9 Å². The summed E-state index contributed by atoms with van der Waals surface area (Å²) in [5, 5.41) is 3.16. The van der Waals surface area contributed by atoms with Crippen LogP contribution in [-0.4, -0.2) is 59.4 Å². The van der Waals surface area contributed by atoms with E-state index in [2.05, 4.69) is 39.4 Å². The molecule has 7 nitrogen and oxygen atoms in total. The molecule has 2 fully saturated rings. The van der Waals surface area contributed by atoms with E-state index in [9.17, 15) is 4.79 Å². The van der Waals surface area contributed by atoms with Gasteiger partial charge in [0, 0.05) is 52.4 Å². The highest BCUT2D eigenvalue weighted by Crippen LogP contribution is 2.34. The number of amides is 1. The Labute approximate surface area is 185 Å². The second-order valence-electron chi connectivity index (χ2n) is 8.68. The molecule has 2 aromatic rings. The van der Waals surface area contributed by atoms with E-state index in [1.54, 1.807) is 18.9 Å². The third-order valence-electron chi connectivity index (χ3n) is 6.46. The molecule has 3 heterocycles. The first-order valence-electron chi connectivity index (χ1n) is 11.4. The van der Waals surface area contributed by atoms with Gasteiger partial charge in [0.25, 0.3) is 0 Å². The van der Waals surface area contributed by atoms with Gasteiger partial charge in [0.15, 0.2) is 0 Å². The number of nitrogens with zero attached hydrogens (tertiary/aromatic N) is 5. The van der Waals surface area contributed by atoms with Gasteiger partial charge in [-0.3, -0.25) is 9.69 Å². The molecule has 2 saturated heterocycles. The van der Waals surface area contributed by atoms with Gasteiger partial charge < -0.3 is 15.1 Å². The molecule has 1 aromatic carbocycles. The Bertz CT molecular complexity index is 911. The zero-order chi connectivity index (χ0) is 21.8. The molecule has 0 radical (unpaired) electrons. The van der Waals surface area contributed by atoms with Crippen molar-refractivity contribution in [2.24, 2.45) is 0 Å². The number of hydrogen-bond donors (Lipinski definition) is 1. The standard InChI is InChI=1S/C24H34N6O/c1-18(31)28(3)17-20-15-23(25-2)27-24(26-20)22-11-8-14-30(22)16-19-9-4-5-10-21(19)29-12-6-7-13-29/h4-5,9-10,15,22H,6-8,11-14,16-17H2,1-3H3,(H,25,26,27). The molecular weight excluding hydrogens is 388 g/mol. The Hall–Kier alpha value is -2.67. The molecule has 1 aromatic heterocycles. The van der Waals surface area contributed by atoms with E-state index >= 15 is 0 Å². The quantitative estimate of drug-likeness (QED) is 0.738. The van der Waals surface area contributed by atoms with Crippen molar-refractivity contribution < 1.29 is 4.79 Å². The molecule has 0 spiro atoms. The second-order valence-corrected chi connectivity index (χ2v) is 8.68. The molecule has 166 valence electrons. The van der Waals surface area contributed by atoms with Crippen molar-refractivity contribution in [1.29, 1.82) is 0 Å². The Morgan fingerprint density at radius 1 is 1.16 bits per heavy atom. The first-order valence-corrected chi connectivity index (χ1v) is 11.4. The first kappa shape index (κ1) is 21.6. The third-order valence-corrected chi connectivity index (χ3v) is 6.46. The molecule has 0 bridgehead atoms. The zero-order valence-electron chi connectivity index (χ0n) is 19.0. The van der Waals surface area contributed by atoms with Crippen molar-refractivity contribution in [3.8, 4) is 0 Å². The van der Waals surface area contributed by atoms with E-state index in [0.717, 1.165) is 56.4 Å². The van der Waals surface area contributed by atoms with E-state index in [1.165, 1.54) is 24.1 Å². The first-order chi connectivity index (χ1) is 15.0. The SMILES string of the molecule is CNc1cc(CN(C)C(C)=O)nc(C2CCCN2Cc2ccccc2N2CCCC2)n1. The van der Waals surface area contributed by atoms with Gasteiger partial charge in [0.2, 0.25) is 5.91 Å². The Balaban J connectivity index is 1.57. The average Bonchev–Trinajstić information content (AvgIpc) is 3.46. The van der Waals surface area contributed by atoms with Crippen LogP contribution in [0.1, 0.15) is 55.7 Å². The van der Waals surface area contributed by atoms with Crippen molar-refractivity contribution in [1.82, 2.24) is 19.8 Å². The minimum atomic E-state index is 0.0344. The highest BCUT2D eigenvalue weighted by molar-refractivity contribution is 5.72. The van der Waals surface area contributed by atoms with E-state index < -0.39 is 0 Å². The van der Waals surface area contributed by atoms with Crippen molar-refractivity contribution in [2.45, 2.75) is 51.7 Å². The molecule has 2 aliphatic rings. The number of carbonyl (C=O) groups excluding carboxylic acids is 1. The van der Waals surface area contributed by atoms with Crippen molar-refractivity contribution in [2.75, 3.05) is 43.9 Å². The van der Waals surface area contributed by atoms with Crippen LogP contribution in [0.15, 0.2) is 30.3 Å². The smallest absolute Gasteiger partial charge is 0.219 e. The van der Waals surface area contributed by atoms with Crippen LogP contribution in [0.5, 0.6) is 0 Å². The van der Waals surface area contributed by atoms with Gasteiger partial charge in [-0.25, -0.2) is 9.97 Å². The van der Waals surface area contributed by atoms with Crippen LogP contribution in [-0.2, 0) is 17.9 Å². The summed E-state index contributed by atoms with van der Waals surface area (Å²) in [5.41, 5.74) is 3.63. The largest absolute Gasteiger partial charge is 0.373 e. The summed E-state index contributed by atoms with van der Waals surface area (Å²) in [5.74, 6) is 1.70. The Kier molecular flexibility index (Phi) is 6.70. The number of para-hydroxylation sites is 1. The van der Waals surface area contributed by atoms with E-state index in [1.807, 2.05) is 13.1 Å². The lowest BCUT2D eigenvalue weighted by Crippen LogP contribution is -2.28. The molecule has 0 saturated carbocycles. The maximum atomic E-state index is 11.7. The van der Waals surface area contributed by atoms with Crippen molar-refractivity contribution in [3.63, 3.8) is 0 Å². The summed E-state index contributed by atoms with van der Waals surface area (Å²) >= 11 is 0. The second kappa shape index (κ2) is 9.64. The summed E-state index contributed by atoms with van der Waals surface area (Å²) < 4.78 is 0. The lowest BCUT2D eigenvalue weighted by Gasteiger charge is -2.27. The van der Waals surface area contributed by atoms with Crippen LogP contribution in [0.25, 0.3) is 0 Å². The molecule has 2 aliphatic heterocycles. The monoisotopic (exact) mass is 422 g/mol. The Morgan fingerprint density at radius 3 is 2.68 bits per heavy atom. The fourth-order valence-electron chi connectivity index (χ4n) is 4.67. The molecule has 4 rings (SSSR count). The van der Waals surface area contributed by atoms with E-state index in [0.29, 0.717) is 6.54 Å². The number of nitrogens with one attached hydrogen (secondary N) is 1. The van der Waals surface area contributed by atoms with Gasteiger partial charge in [0.1, 0.15) is 11.6 Å². The topological polar surface area (TPSA) is 64.6 Å². The third kappa shape index (κ3) is 4.98. The summed E-state index contributed by atoms with van der Waals surface area (Å²) in [6, 6.07) is 11.0. The molecule has 31 heavy (non-hydrogen) atoms. The normalized spacial score (nSPS) is 19.1. The zero-order valence-corrected chi connectivity index (χ0v) is 19.0. The lowest BCUT2D eigenvalue weighted by molar-refractivity contribution is -0.128. The van der Waals surface area contributed by atoms with Crippen LogP contribution in [0.4, 0.5) is 11.5 Å². The van der Waals surface area contributed by atoms with Crippen molar-refractivity contribution in [3.05, 3.63) is 47.4 Å². The predicted molar refractivity (Wildman–Crippen MR) is 124 cm³/mol. The fourth-order valence-corrected chi connectivity index (χ4v) is 4.67. The number of aromatic nitrogens is 2. The average molecular weight is 423 g/mol. The molecule has 7 heteroatoms. The minimum absolute atomic E-state index is 0.0344. The number of rotatable bonds is 7.